The van der Waals surface area contributed by atoms with Crippen LogP contribution in [0.25, 0.3) is 0 Å². The fraction of sp³-hybridized carbons (Fsp3) is 0. The van der Waals surface area contributed by atoms with Gasteiger partial charge < -0.3 is 0 Å². The monoisotopic (exact) mass is 416 g/mol. The van der Waals surface area contributed by atoms with Crippen LogP contribution in [0.15, 0.2) is 38.2 Å². The number of thioether (sulfide) groups is 4. The van der Waals surface area contributed by atoms with Gasteiger partial charge >= 0.3 is 0 Å². The molecule has 0 saturated carbocycles. The highest BCUT2D eigenvalue weighted by atomic mass is 127. The quantitative estimate of drug-likeness (QED) is 0.547. The first-order valence-corrected chi connectivity index (χ1v) is 8.78. The minimum atomic E-state index is 0.867. The number of fused-ring (bicyclic) bond motifs is 1. The van der Waals surface area contributed by atoms with E-state index in [1.54, 1.807) is 59.4 Å². The van der Waals surface area contributed by atoms with Crippen LogP contribution in [0.5, 0.6) is 0 Å². The average Bonchev–Trinajstić information content (AvgIpc) is 2.83. The minimum absolute atomic E-state index is 0.867. The van der Waals surface area contributed by atoms with Crippen LogP contribution >= 0.6 is 81.2 Å². The van der Waals surface area contributed by atoms with Crippen LogP contribution in [-0.4, -0.2) is 9.97 Å². The highest BCUT2D eigenvalue weighted by Gasteiger charge is 2.28. The molecule has 2 nitrogen and oxygen atoms in total. The largest absolute Gasteiger partial charge is 0.245 e. The van der Waals surface area contributed by atoms with E-state index in [1.165, 1.54) is 8.47 Å². The number of hydrogen-bond donors (Lipinski definition) is 0. The summed E-state index contributed by atoms with van der Waals surface area (Å²) in [6.07, 6.45) is 3.45. The predicted molar refractivity (Wildman–Crippen MR) is 82.9 cm³/mol. The van der Waals surface area contributed by atoms with Crippen molar-refractivity contribution in [1.82, 2.24) is 9.97 Å². The van der Waals surface area contributed by atoms with Gasteiger partial charge in [-0.15, -0.1) is 0 Å². The van der Waals surface area contributed by atoms with Gasteiger partial charge in [0.15, 0.2) is 0 Å². The summed E-state index contributed by atoms with van der Waals surface area (Å²) in [5.41, 5.74) is 0. The highest BCUT2D eigenvalue weighted by molar-refractivity contribution is 14.1. The zero-order chi connectivity index (χ0) is 11.1. The van der Waals surface area contributed by atoms with Gasteiger partial charge in [-0.25, -0.2) is 9.97 Å². The van der Waals surface area contributed by atoms with Crippen LogP contribution in [0.2, 0.25) is 0 Å². The van der Waals surface area contributed by atoms with Gasteiger partial charge in [-0.3, -0.25) is 0 Å². The second-order valence-electron chi connectivity index (χ2n) is 2.70. The molecule has 8 heteroatoms. The third kappa shape index (κ3) is 2.26. The normalized spacial score (nSPS) is 19.6. The van der Waals surface area contributed by atoms with E-state index in [-0.39, 0.29) is 0 Å². The highest BCUT2D eigenvalue weighted by Crippen LogP contribution is 2.61. The molecular formula is C8H2ClIN2S4. The van der Waals surface area contributed by atoms with Gasteiger partial charge in [-0.1, -0.05) is 58.6 Å². The van der Waals surface area contributed by atoms with E-state index < -0.39 is 0 Å². The lowest BCUT2D eigenvalue weighted by atomic mass is 10.8. The van der Waals surface area contributed by atoms with Gasteiger partial charge in [-0.2, -0.15) is 0 Å². The maximum atomic E-state index is 6.08. The van der Waals surface area contributed by atoms with Gasteiger partial charge in [-0.05, 0) is 22.6 Å². The lowest BCUT2D eigenvalue weighted by Crippen LogP contribution is -1.79. The second-order valence-corrected chi connectivity index (χ2v) is 9.67. The van der Waals surface area contributed by atoms with E-state index in [4.69, 9.17) is 11.6 Å². The zero-order valence-corrected chi connectivity index (χ0v) is 13.6. The summed E-state index contributed by atoms with van der Waals surface area (Å²) in [4.78, 5) is 8.59. The molecule has 0 bridgehead atoms. The Hall–Kier alpha value is 0.980. The molecule has 3 rings (SSSR count). The number of rotatable bonds is 0. The third-order valence-corrected chi connectivity index (χ3v) is 9.20. The molecule has 0 N–H and O–H groups in total. The van der Waals surface area contributed by atoms with Crippen molar-refractivity contribution in [2.75, 3.05) is 0 Å². The molecule has 2 aliphatic heterocycles. The smallest absolute Gasteiger partial charge is 0.134 e. The van der Waals surface area contributed by atoms with Gasteiger partial charge in [0.25, 0.3) is 0 Å². The molecule has 0 atom stereocenters. The SMILES string of the molecule is ClC1=C(I)SC(=C2Sc3nccnc3S2)S1. The zero-order valence-electron chi connectivity index (χ0n) is 7.44. The summed E-state index contributed by atoms with van der Waals surface area (Å²) in [5, 5.41) is 1.99. The first kappa shape index (κ1) is 12.0. The van der Waals surface area contributed by atoms with Crippen LogP contribution in [0, 0.1) is 0 Å². The Morgan fingerprint density at radius 1 is 0.938 bits per heavy atom. The standard InChI is InChI=1S/C8H2ClIN2S4/c9-3-4(10)14-7(13-3)8-15-5-6(16-8)12-2-1-11-5/h1-2H. The van der Waals surface area contributed by atoms with Gasteiger partial charge in [0, 0.05) is 12.4 Å². The molecule has 0 radical (unpaired) electrons. The van der Waals surface area contributed by atoms with Crippen LogP contribution in [0.3, 0.4) is 0 Å². The Morgan fingerprint density at radius 3 is 2.00 bits per heavy atom. The second kappa shape index (κ2) is 4.93. The number of hydrogen-bond acceptors (Lipinski definition) is 6. The molecule has 0 saturated heterocycles. The van der Waals surface area contributed by atoms with Gasteiger partial charge in [0.1, 0.15) is 10.1 Å². The van der Waals surface area contributed by atoms with E-state index in [0.29, 0.717) is 0 Å². The summed E-state index contributed by atoms with van der Waals surface area (Å²) in [5.74, 6) is 0. The molecule has 0 unspecified atom stereocenters. The lowest BCUT2D eigenvalue weighted by Gasteiger charge is -1.98. The van der Waals surface area contributed by atoms with Crippen molar-refractivity contribution in [2.24, 2.45) is 0 Å². The van der Waals surface area contributed by atoms with Crippen LogP contribution in [-0.2, 0) is 0 Å². The van der Waals surface area contributed by atoms with Crippen molar-refractivity contribution in [1.29, 1.82) is 0 Å². The molecular weight excluding hydrogens is 415 g/mol. The van der Waals surface area contributed by atoms with E-state index in [0.717, 1.165) is 17.3 Å². The number of nitrogens with zero attached hydrogens (tertiary/aromatic N) is 2. The third-order valence-electron chi connectivity index (χ3n) is 1.70. The molecule has 1 aromatic heterocycles. The van der Waals surface area contributed by atoms with Crippen LogP contribution in [0.1, 0.15) is 0 Å². The average molecular weight is 417 g/mol. The Balaban J connectivity index is 1.90. The van der Waals surface area contributed by atoms with Gasteiger partial charge in [0.05, 0.1) is 15.8 Å². The van der Waals surface area contributed by atoms with Crippen molar-refractivity contribution >= 4 is 81.2 Å². The van der Waals surface area contributed by atoms with Crippen molar-refractivity contribution in [3.8, 4) is 0 Å². The van der Waals surface area contributed by atoms with E-state index >= 15 is 0 Å². The van der Waals surface area contributed by atoms with Crippen molar-refractivity contribution in [2.45, 2.75) is 10.1 Å². The molecule has 0 aromatic carbocycles. The summed E-state index contributed by atoms with van der Waals surface area (Å²) in [6.45, 7) is 0. The molecule has 2 aliphatic rings. The molecule has 0 aliphatic carbocycles. The Kier molecular flexibility index (Phi) is 3.71. The topological polar surface area (TPSA) is 25.8 Å². The van der Waals surface area contributed by atoms with E-state index in [2.05, 4.69) is 32.6 Å². The van der Waals surface area contributed by atoms with Crippen LogP contribution in [0.4, 0.5) is 0 Å². The maximum absolute atomic E-state index is 6.08. The van der Waals surface area contributed by atoms with Crippen LogP contribution < -0.4 is 0 Å². The molecule has 0 fully saturated rings. The van der Waals surface area contributed by atoms with E-state index in [9.17, 15) is 0 Å². The van der Waals surface area contributed by atoms with Crippen molar-refractivity contribution < 1.29 is 0 Å². The first-order valence-electron chi connectivity index (χ1n) is 4.06. The summed E-state index contributed by atoms with van der Waals surface area (Å²) in [7, 11) is 0. The molecule has 0 amide bonds. The molecule has 3 heterocycles. The number of aromatic nitrogens is 2. The maximum Gasteiger partial charge on any atom is 0.134 e. The summed E-state index contributed by atoms with van der Waals surface area (Å²) < 4.78 is 4.49. The van der Waals surface area contributed by atoms with Gasteiger partial charge in [0.2, 0.25) is 0 Å². The van der Waals surface area contributed by atoms with Crippen molar-refractivity contribution in [3.63, 3.8) is 0 Å². The minimum Gasteiger partial charge on any atom is -0.245 e. The molecule has 82 valence electrons. The number of halogens is 2. The molecule has 1 aromatic rings. The Labute approximate surface area is 128 Å². The fourth-order valence-electron chi connectivity index (χ4n) is 1.08. The predicted octanol–water partition coefficient (Wildman–Crippen LogP) is 5.08. The summed E-state index contributed by atoms with van der Waals surface area (Å²) >= 11 is 15.0. The first-order chi connectivity index (χ1) is 7.74. The van der Waals surface area contributed by atoms with E-state index in [1.807, 2.05) is 0 Å². The van der Waals surface area contributed by atoms with Crippen molar-refractivity contribution in [3.05, 3.63) is 28.1 Å². The Morgan fingerprint density at radius 2 is 1.50 bits per heavy atom. The molecule has 0 spiro atoms. The lowest BCUT2D eigenvalue weighted by molar-refractivity contribution is 0.930. The Bertz CT molecular complexity index is 488. The fourth-order valence-corrected chi connectivity index (χ4v) is 7.49. The molecule has 16 heavy (non-hydrogen) atoms. The summed E-state index contributed by atoms with van der Waals surface area (Å²) in [6, 6.07) is 0.